The van der Waals surface area contributed by atoms with Gasteiger partial charge in [-0.2, -0.15) is 0 Å². The van der Waals surface area contributed by atoms with Gasteiger partial charge in [0.05, 0.1) is 0 Å². The zero-order chi connectivity index (χ0) is 35.1. The first-order valence-corrected chi connectivity index (χ1v) is 21.6. The van der Waals surface area contributed by atoms with Gasteiger partial charge in [-0.15, -0.1) is 0 Å². The molecule has 7 atom stereocenters. The van der Waals surface area contributed by atoms with E-state index >= 15 is 0 Å². The molecule has 3 saturated carbocycles. The molecule has 0 N–H and O–H groups in total. The standard InChI is InChI=1S/C45H76O4/c1-5-6-7-8-9-10-11-12-13-14-15-16-17-18-19-20-21-22-23-24-25-26-41(47)38-34-36-33-37(49-35(2)46)29-31-44(36,3)40-30-32-45(4)39(43(38)40)27-28-42(45)48/h34,37-40,43H,5-33H2,1-4H3/t37-,38?,39-,40-,43-,44-,45-/m0/s1. The number of esters is 1. The normalized spacial score (nSPS) is 30.7. The lowest BCUT2D eigenvalue weighted by Gasteiger charge is -2.58. The van der Waals surface area contributed by atoms with E-state index in [0.717, 1.165) is 51.4 Å². The zero-order valence-corrected chi connectivity index (χ0v) is 32.6. The van der Waals surface area contributed by atoms with Gasteiger partial charge < -0.3 is 4.74 Å². The van der Waals surface area contributed by atoms with Gasteiger partial charge in [0.1, 0.15) is 17.7 Å². The number of hydrogen-bond acceptors (Lipinski definition) is 4. The van der Waals surface area contributed by atoms with Crippen LogP contribution in [0.25, 0.3) is 0 Å². The van der Waals surface area contributed by atoms with E-state index < -0.39 is 0 Å². The molecule has 1 unspecified atom stereocenters. The second-order valence-electron chi connectivity index (χ2n) is 17.6. The third kappa shape index (κ3) is 11.3. The Morgan fingerprint density at radius 1 is 0.673 bits per heavy atom. The topological polar surface area (TPSA) is 60.4 Å². The summed E-state index contributed by atoms with van der Waals surface area (Å²) in [7, 11) is 0. The molecule has 0 aliphatic heterocycles. The molecule has 0 spiro atoms. The van der Waals surface area contributed by atoms with Crippen LogP contribution in [0.2, 0.25) is 0 Å². The van der Waals surface area contributed by atoms with Crippen LogP contribution in [0.3, 0.4) is 0 Å². The van der Waals surface area contributed by atoms with Gasteiger partial charge in [-0.3, -0.25) is 14.4 Å². The van der Waals surface area contributed by atoms with E-state index in [1.165, 1.54) is 134 Å². The number of rotatable bonds is 24. The Morgan fingerprint density at radius 3 is 1.65 bits per heavy atom. The molecule has 0 saturated heterocycles. The number of hydrogen-bond donors (Lipinski definition) is 0. The van der Waals surface area contributed by atoms with Gasteiger partial charge in [-0.25, -0.2) is 0 Å². The maximum Gasteiger partial charge on any atom is 0.302 e. The average Bonchev–Trinajstić information content (AvgIpc) is 3.38. The van der Waals surface area contributed by atoms with E-state index in [9.17, 15) is 14.4 Å². The van der Waals surface area contributed by atoms with Gasteiger partial charge in [0.15, 0.2) is 0 Å². The van der Waals surface area contributed by atoms with Gasteiger partial charge in [-0.05, 0) is 61.7 Å². The zero-order valence-electron chi connectivity index (χ0n) is 32.6. The summed E-state index contributed by atoms with van der Waals surface area (Å²) in [5.41, 5.74) is 1.16. The number of carbonyl (C=O) groups excluding carboxylic acids is 3. The van der Waals surface area contributed by atoms with Crippen LogP contribution in [-0.2, 0) is 19.1 Å². The number of ether oxygens (including phenoxy) is 1. The molecule has 0 aromatic heterocycles. The highest BCUT2D eigenvalue weighted by Gasteiger charge is 2.61. The fourth-order valence-corrected chi connectivity index (χ4v) is 11.0. The molecular weight excluding hydrogens is 604 g/mol. The van der Waals surface area contributed by atoms with Crippen molar-refractivity contribution in [3.63, 3.8) is 0 Å². The highest BCUT2D eigenvalue weighted by atomic mass is 16.5. The van der Waals surface area contributed by atoms with Crippen molar-refractivity contribution in [3.05, 3.63) is 11.6 Å². The molecule has 0 amide bonds. The molecule has 3 fully saturated rings. The maximum absolute atomic E-state index is 14.1. The summed E-state index contributed by atoms with van der Waals surface area (Å²) in [5.74, 6) is 1.61. The quantitative estimate of drug-likeness (QED) is 0.0578. The molecule has 0 bridgehead atoms. The van der Waals surface area contributed by atoms with Crippen molar-refractivity contribution >= 4 is 17.5 Å². The fourth-order valence-electron chi connectivity index (χ4n) is 11.0. The van der Waals surface area contributed by atoms with Crippen molar-refractivity contribution in [1.29, 1.82) is 0 Å². The molecule has 4 heteroatoms. The number of ketones is 2. The lowest BCUT2D eigenvalue weighted by atomic mass is 9.45. The van der Waals surface area contributed by atoms with Crippen molar-refractivity contribution < 1.29 is 19.1 Å². The average molecular weight is 681 g/mol. The van der Waals surface area contributed by atoms with Crippen molar-refractivity contribution in [3.8, 4) is 0 Å². The van der Waals surface area contributed by atoms with Crippen LogP contribution >= 0.6 is 0 Å². The van der Waals surface area contributed by atoms with Crippen molar-refractivity contribution in [2.24, 2.45) is 34.5 Å². The number of allylic oxidation sites excluding steroid dienone is 1. The lowest BCUT2D eigenvalue weighted by Crippen LogP contribution is -2.54. The molecule has 4 nitrogen and oxygen atoms in total. The molecule has 4 aliphatic rings. The molecule has 4 aliphatic carbocycles. The van der Waals surface area contributed by atoms with Crippen molar-refractivity contribution in [2.45, 2.75) is 220 Å². The predicted octanol–water partition coefficient (Wildman–Crippen LogP) is 12.8. The van der Waals surface area contributed by atoms with Crippen LogP contribution < -0.4 is 0 Å². The minimum Gasteiger partial charge on any atom is -0.462 e. The highest BCUT2D eigenvalue weighted by molar-refractivity contribution is 5.88. The highest BCUT2D eigenvalue weighted by Crippen LogP contribution is 2.65. The number of unbranched alkanes of at least 4 members (excludes halogenated alkanes) is 20. The summed E-state index contributed by atoms with van der Waals surface area (Å²) in [6.45, 7) is 8.43. The van der Waals surface area contributed by atoms with E-state index in [0.29, 0.717) is 36.2 Å². The molecule has 4 rings (SSSR count). The first kappa shape index (κ1) is 40.3. The third-order valence-corrected chi connectivity index (χ3v) is 14.1. The Balaban J connectivity index is 1.10. The van der Waals surface area contributed by atoms with Gasteiger partial charge in [-0.1, -0.05) is 161 Å². The molecule has 0 aromatic carbocycles. The van der Waals surface area contributed by atoms with Crippen LogP contribution in [0.15, 0.2) is 11.6 Å². The van der Waals surface area contributed by atoms with Gasteiger partial charge >= 0.3 is 5.97 Å². The van der Waals surface area contributed by atoms with E-state index in [1.807, 2.05) is 0 Å². The predicted molar refractivity (Wildman–Crippen MR) is 203 cm³/mol. The van der Waals surface area contributed by atoms with Crippen LogP contribution in [0.5, 0.6) is 0 Å². The second kappa shape index (κ2) is 20.6. The summed E-state index contributed by atoms with van der Waals surface area (Å²) >= 11 is 0. The van der Waals surface area contributed by atoms with Crippen LogP contribution in [0, 0.1) is 34.5 Å². The van der Waals surface area contributed by atoms with E-state index in [1.54, 1.807) is 0 Å². The Morgan fingerprint density at radius 2 is 1.14 bits per heavy atom. The van der Waals surface area contributed by atoms with Crippen molar-refractivity contribution in [2.75, 3.05) is 0 Å². The number of Topliss-reactive ketones (excluding diaryl/α,β-unsaturated/α-hetero) is 2. The molecule has 280 valence electrons. The Labute approximate surface area is 302 Å². The summed E-state index contributed by atoms with van der Waals surface area (Å²) < 4.78 is 5.68. The van der Waals surface area contributed by atoms with E-state index in [2.05, 4.69) is 26.8 Å². The largest absolute Gasteiger partial charge is 0.462 e. The smallest absolute Gasteiger partial charge is 0.302 e. The second-order valence-corrected chi connectivity index (χ2v) is 17.6. The van der Waals surface area contributed by atoms with E-state index in [-0.39, 0.29) is 34.7 Å². The third-order valence-electron chi connectivity index (χ3n) is 14.1. The Hall–Kier alpha value is -1.45. The Bertz CT molecular complexity index is 1060. The first-order valence-electron chi connectivity index (χ1n) is 21.6. The monoisotopic (exact) mass is 681 g/mol. The summed E-state index contributed by atoms with van der Waals surface area (Å²) in [5, 5.41) is 0. The lowest BCUT2D eigenvalue weighted by molar-refractivity contribution is -0.150. The summed E-state index contributed by atoms with van der Waals surface area (Å²) in [6.07, 6.45) is 38.0. The van der Waals surface area contributed by atoms with Crippen LogP contribution in [0.4, 0.5) is 0 Å². The van der Waals surface area contributed by atoms with Gasteiger partial charge in [0.25, 0.3) is 0 Å². The van der Waals surface area contributed by atoms with Crippen LogP contribution in [0.1, 0.15) is 214 Å². The maximum atomic E-state index is 14.1. The number of carbonyl (C=O) groups is 3. The minimum absolute atomic E-state index is 0.0533. The van der Waals surface area contributed by atoms with E-state index in [4.69, 9.17) is 4.74 Å². The summed E-state index contributed by atoms with van der Waals surface area (Å²) in [6, 6.07) is 0. The Kier molecular flexibility index (Phi) is 16.9. The molecule has 0 aromatic rings. The first-order chi connectivity index (χ1) is 23.7. The minimum atomic E-state index is -0.247. The van der Waals surface area contributed by atoms with Gasteiger partial charge in [0.2, 0.25) is 0 Å². The SMILES string of the molecule is CCCCCCCCCCCCCCCCCCCCCCCC(=O)C1C=C2C[C@@H](OC(C)=O)CC[C@]2(C)[C@H]2CC[C@]3(C)C(=O)CC[C@H]3[C@H]12. The molecule has 0 radical (unpaired) electrons. The van der Waals surface area contributed by atoms with Crippen molar-refractivity contribution in [1.82, 2.24) is 0 Å². The molecule has 0 heterocycles. The molecular formula is C45H76O4. The fraction of sp³-hybridized carbons (Fsp3) is 0.889. The molecule has 49 heavy (non-hydrogen) atoms. The number of fused-ring (bicyclic) bond motifs is 5. The van der Waals surface area contributed by atoms with Crippen LogP contribution in [-0.4, -0.2) is 23.6 Å². The van der Waals surface area contributed by atoms with Gasteiger partial charge in [0, 0.05) is 37.5 Å². The summed E-state index contributed by atoms with van der Waals surface area (Å²) in [4.78, 5) is 38.9.